The summed E-state index contributed by atoms with van der Waals surface area (Å²) >= 11 is 0. The number of hydrogen-bond acceptors (Lipinski definition) is 3. The first kappa shape index (κ1) is 13.9. The van der Waals surface area contributed by atoms with Crippen LogP contribution in [-0.2, 0) is 0 Å². The van der Waals surface area contributed by atoms with Crippen LogP contribution in [0.4, 0.5) is 0 Å². The number of likely N-dealkylation sites (tertiary alicyclic amines) is 1. The van der Waals surface area contributed by atoms with E-state index >= 15 is 0 Å². The first-order valence-electron chi connectivity index (χ1n) is 6.75. The molecule has 3 heteroatoms. The minimum Gasteiger partial charge on any atom is -0.312 e. The first-order valence-corrected chi connectivity index (χ1v) is 6.75. The van der Waals surface area contributed by atoms with Crippen molar-refractivity contribution in [3.8, 4) is 0 Å². The van der Waals surface area contributed by atoms with E-state index in [0.717, 1.165) is 12.6 Å². The Hall–Kier alpha value is -0.120. The number of likely N-dealkylation sites (N-methyl/N-ethyl adjacent to an activating group) is 1. The molecule has 1 rings (SSSR count). The fraction of sp³-hybridized carbons (Fsp3) is 1.00. The molecule has 96 valence electrons. The fourth-order valence-electron chi connectivity index (χ4n) is 2.20. The Labute approximate surface area is 101 Å². The van der Waals surface area contributed by atoms with E-state index in [1.54, 1.807) is 0 Å². The molecule has 0 spiro atoms. The van der Waals surface area contributed by atoms with Crippen molar-refractivity contribution < 1.29 is 0 Å². The minimum absolute atomic E-state index is 0.633. The van der Waals surface area contributed by atoms with Crippen molar-refractivity contribution in [2.75, 3.05) is 40.3 Å². The number of nitrogens with one attached hydrogen (secondary N) is 1. The highest BCUT2D eigenvalue weighted by Crippen LogP contribution is 2.10. The van der Waals surface area contributed by atoms with E-state index in [0.29, 0.717) is 6.04 Å². The molecule has 16 heavy (non-hydrogen) atoms. The van der Waals surface area contributed by atoms with Crippen LogP contribution in [0.3, 0.4) is 0 Å². The number of piperidine rings is 1. The van der Waals surface area contributed by atoms with E-state index in [1.807, 2.05) is 0 Å². The van der Waals surface area contributed by atoms with Crippen LogP contribution < -0.4 is 5.32 Å². The van der Waals surface area contributed by atoms with Crippen molar-refractivity contribution >= 4 is 0 Å². The Morgan fingerprint density at radius 2 is 1.94 bits per heavy atom. The van der Waals surface area contributed by atoms with Gasteiger partial charge in [0.25, 0.3) is 0 Å². The van der Waals surface area contributed by atoms with Crippen molar-refractivity contribution in [1.82, 2.24) is 15.1 Å². The first-order chi connectivity index (χ1) is 7.63. The molecule has 1 atom stereocenters. The zero-order chi connectivity index (χ0) is 12.0. The maximum Gasteiger partial charge on any atom is 0.0186 e. The van der Waals surface area contributed by atoms with Crippen molar-refractivity contribution in [2.45, 2.75) is 45.2 Å². The average Bonchev–Trinajstić information content (AvgIpc) is 2.28. The molecule has 0 aromatic rings. The van der Waals surface area contributed by atoms with Gasteiger partial charge in [0, 0.05) is 18.6 Å². The Bertz CT molecular complexity index is 174. The number of rotatable bonds is 6. The van der Waals surface area contributed by atoms with Gasteiger partial charge in [-0.05, 0) is 59.9 Å². The third-order valence-corrected chi connectivity index (χ3v) is 3.71. The maximum absolute atomic E-state index is 3.70. The van der Waals surface area contributed by atoms with Gasteiger partial charge in [-0.3, -0.25) is 0 Å². The summed E-state index contributed by atoms with van der Waals surface area (Å²) in [5.74, 6) is 0. The summed E-state index contributed by atoms with van der Waals surface area (Å²) in [6.07, 6.45) is 3.93. The minimum atomic E-state index is 0.633. The van der Waals surface area contributed by atoms with E-state index in [1.165, 1.54) is 38.9 Å². The second-order valence-corrected chi connectivity index (χ2v) is 5.34. The lowest BCUT2D eigenvalue weighted by atomic mass is 10.0. The summed E-state index contributed by atoms with van der Waals surface area (Å²) in [5.41, 5.74) is 0. The van der Waals surface area contributed by atoms with Crippen molar-refractivity contribution in [3.63, 3.8) is 0 Å². The molecule has 0 aliphatic carbocycles. The van der Waals surface area contributed by atoms with E-state index < -0.39 is 0 Å². The lowest BCUT2D eigenvalue weighted by molar-refractivity contribution is 0.190. The highest BCUT2D eigenvalue weighted by molar-refractivity contribution is 4.78. The Balaban J connectivity index is 2.12. The Morgan fingerprint density at radius 1 is 1.31 bits per heavy atom. The molecule has 1 saturated heterocycles. The van der Waals surface area contributed by atoms with Crippen molar-refractivity contribution in [2.24, 2.45) is 0 Å². The summed E-state index contributed by atoms with van der Waals surface area (Å²) in [5, 5.41) is 3.70. The molecule has 1 aliphatic heterocycles. The molecule has 1 unspecified atom stereocenters. The molecule has 1 fully saturated rings. The smallest absolute Gasteiger partial charge is 0.0186 e. The van der Waals surface area contributed by atoms with E-state index in [2.05, 4.69) is 43.1 Å². The third kappa shape index (κ3) is 4.81. The largest absolute Gasteiger partial charge is 0.312 e. The molecule has 0 bridgehead atoms. The zero-order valence-corrected chi connectivity index (χ0v) is 11.5. The summed E-state index contributed by atoms with van der Waals surface area (Å²) < 4.78 is 0. The van der Waals surface area contributed by atoms with Crippen molar-refractivity contribution in [3.05, 3.63) is 0 Å². The van der Waals surface area contributed by atoms with Crippen LogP contribution in [0.15, 0.2) is 0 Å². The quantitative estimate of drug-likeness (QED) is 0.740. The third-order valence-electron chi connectivity index (χ3n) is 3.71. The van der Waals surface area contributed by atoms with E-state index in [4.69, 9.17) is 0 Å². The molecular weight excluding hydrogens is 198 g/mol. The van der Waals surface area contributed by atoms with E-state index in [-0.39, 0.29) is 0 Å². The SMILES string of the molecule is CCCN1CCC(NCC(C)N(C)C)CC1. The van der Waals surface area contributed by atoms with Gasteiger partial charge in [-0.25, -0.2) is 0 Å². The van der Waals surface area contributed by atoms with Gasteiger partial charge in [-0.15, -0.1) is 0 Å². The maximum atomic E-state index is 3.70. The van der Waals surface area contributed by atoms with Crippen LogP contribution in [0.2, 0.25) is 0 Å². The lowest BCUT2D eigenvalue weighted by Gasteiger charge is -2.33. The van der Waals surface area contributed by atoms with Gasteiger partial charge in [0.15, 0.2) is 0 Å². The Kier molecular flexibility index (Phi) is 6.32. The number of hydrogen-bond donors (Lipinski definition) is 1. The van der Waals surface area contributed by atoms with Gasteiger partial charge < -0.3 is 15.1 Å². The highest BCUT2D eigenvalue weighted by Gasteiger charge is 2.18. The van der Waals surface area contributed by atoms with Gasteiger partial charge in [-0.2, -0.15) is 0 Å². The predicted molar refractivity (Wildman–Crippen MR) is 70.9 cm³/mol. The number of nitrogens with zero attached hydrogens (tertiary/aromatic N) is 2. The Morgan fingerprint density at radius 3 is 2.44 bits per heavy atom. The second kappa shape index (κ2) is 7.25. The average molecular weight is 227 g/mol. The van der Waals surface area contributed by atoms with Crippen LogP contribution >= 0.6 is 0 Å². The predicted octanol–water partition coefficient (Wildman–Crippen LogP) is 1.40. The summed E-state index contributed by atoms with van der Waals surface area (Å²) in [7, 11) is 4.30. The molecular formula is C13H29N3. The van der Waals surface area contributed by atoms with Crippen LogP contribution in [0.5, 0.6) is 0 Å². The van der Waals surface area contributed by atoms with Gasteiger partial charge in [0.05, 0.1) is 0 Å². The zero-order valence-electron chi connectivity index (χ0n) is 11.5. The molecule has 0 saturated carbocycles. The second-order valence-electron chi connectivity index (χ2n) is 5.34. The topological polar surface area (TPSA) is 18.5 Å². The standard InChI is InChI=1S/C13H29N3/c1-5-8-16-9-6-13(7-10-16)14-11-12(2)15(3)4/h12-14H,5-11H2,1-4H3. The molecule has 0 radical (unpaired) electrons. The monoisotopic (exact) mass is 227 g/mol. The molecule has 0 aromatic heterocycles. The molecule has 0 amide bonds. The molecule has 0 aromatic carbocycles. The van der Waals surface area contributed by atoms with Gasteiger partial charge in [-0.1, -0.05) is 6.92 Å². The van der Waals surface area contributed by atoms with Crippen molar-refractivity contribution in [1.29, 1.82) is 0 Å². The van der Waals surface area contributed by atoms with Gasteiger partial charge >= 0.3 is 0 Å². The highest BCUT2D eigenvalue weighted by atomic mass is 15.2. The van der Waals surface area contributed by atoms with E-state index in [9.17, 15) is 0 Å². The summed E-state index contributed by atoms with van der Waals surface area (Å²) in [6, 6.07) is 1.38. The van der Waals surface area contributed by atoms with Gasteiger partial charge in [0.1, 0.15) is 0 Å². The molecule has 3 nitrogen and oxygen atoms in total. The fourth-order valence-corrected chi connectivity index (χ4v) is 2.20. The van der Waals surface area contributed by atoms with Crippen LogP contribution in [0, 0.1) is 0 Å². The normalized spacial score (nSPS) is 21.6. The molecule has 1 heterocycles. The van der Waals surface area contributed by atoms with Gasteiger partial charge in [0.2, 0.25) is 0 Å². The molecule has 1 N–H and O–H groups in total. The summed E-state index contributed by atoms with van der Waals surface area (Å²) in [6.45, 7) is 9.50. The molecule has 1 aliphatic rings. The van der Waals surface area contributed by atoms with Crippen LogP contribution in [0.25, 0.3) is 0 Å². The lowest BCUT2D eigenvalue weighted by Crippen LogP contribution is -2.46. The van der Waals surface area contributed by atoms with Crippen LogP contribution in [0.1, 0.15) is 33.1 Å². The van der Waals surface area contributed by atoms with Crippen LogP contribution in [-0.4, -0.2) is 62.2 Å². The summed E-state index contributed by atoms with van der Waals surface area (Å²) in [4.78, 5) is 4.87.